The molecular weight excluding hydrogens is 246 g/mol. The summed E-state index contributed by atoms with van der Waals surface area (Å²) in [6.07, 6.45) is 5.67. The summed E-state index contributed by atoms with van der Waals surface area (Å²) in [6, 6.07) is 6.31. The van der Waals surface area contributed by atoms with Crippen molar-refractivity contribution in [3.05, 3.63) is 34.9 Å². The van der Waals surface area contributed by atoms with Crippen molar-refractivity contribution in [3.8, 4) is 0 Å². The largest absolute Gasteiger partial charge is 0.330 e. The van der Waals surface area contributed by atoms with E-state index in [-0.39, 0.29) is 0 Å². The Balaban J connectivity index is 2.44. The van der Waals surface area contributed by atoms with Gasteiger partial charge in [0.2, 0.25) is 0 Å². The summed E-state index contributed by atoms with van der Waals surface area (Å²) in [5.41, 5.74) is 9.33. The van der Waals surface area contributed by atoms with Gasteiger partial charge in [-0.3, -0.25) is 4.79 Å². The summed E-state index contributed by atoms with van der Waals surface area (Å²) in [7, 11) is 0. The van der Waals surface area contributed by atoms with Crippen LogP contribution in [-0.4, -0.2) is 12.3 Å². The molecule has 0 aromatic heterocycles. The summed E-state index contributed by atoms with van der Waals surface area (Å²) < 4.78 is 0. The number of ketones is 1. The van der Waals surface area contributed by atoms with E-state index in [2.05, 4.69) is 39.0 Å². The SMILES string of the molecule is CCCC(CCN)CCC(=O)Cc1ccc(C)c(C)c1. The van der Waals surface area contributed by atoms with E-state index in [0.29, 0.717) is 24.5 Å². The Hall–Kier alpha value is -1.15. The number of Topliss-reactive ketones (excluding diaryl/α,β-unsaturated/α-hetero) is 1. The van der Waals surface area contributed by atoms with E-state index in [1.807, 2.05) is 0 Å². The Labute approximate surface area is 123 Å². The Morgan fingerprint density at radius 1 is 1.15 bits per heavy atom. The molecule has 0 fully saturated rings. The summed E-state index contributed by atoms with van der Waals surface area (Å²) in [5, 5.41) is 0. The first-order valence-electron chi connectivity index (χ1n) is 7.84. The highest BCUT2D eigenvalue weighted by Crippen LogP contribution is 2.18. The van der Waals surface area contributed by atoms with Gasteiger partial charge in [-0.15, -0.1) is 0 Å². The van der Waals surface area contributed by atoms with Crippen LogP contribution in [0.4, 0.5) is 0 Å². The first-order valence-corrected chi connectivity index (χ1v) is 7.84. The van der Waals surface area contributed by atoms with Crippen LogP contribution < -0.4 is 5.73 Å². The van der Waals surface area contributed by atoms with Gasteiger partial charge in [0, 0.05) is 12.8 Å². The van der Waals surface area contributed by atoms with Crippen LogP contribution in [0, 0.1) is 19.8 Å². The number of aryl methyl sites for hydroxylation is 2. The lowest BCUT2D eigenvalue weighted by Crippen LogP contribution is -2.11. The van der Waals surface area contributed by atoms with Crippen molar-refractivity contribution in [3.63, 3.8) is 0 Å². The molecule has 0 aliphatic heterocycles. The molecule has 2 nitrogen and oxygen atoms in total. The van der Waals surface area contributed by atoms with E-state index in [1.54, 1.807) is 0 Å². The molecule has 0 bridgehead atoms. The lowest BCUT2D eigenvalue weighted by atomic mass is 9.92. The van der Waals surface area contributed by atoms with Crippen LogP contribution in [-0.2, 0) is 11.2 Å². The predicted molar refractivity (Wildman–Crippen MR) is 85.9 cm³/mol. The smallest absolute Gasteiger partial charge is 0.137 e. The molecule has 1 aromatic rings. The van der Waals surface area contributed by atoms with Crippen LogP contribution >= 0.6 is 0 Å². The van der Waals surface area contributed by atoms with E-state index in [9.17, 15) is 4.79 Å². The Kier molecular flexibility index (Phi) is 7.53. The topological polar surface area (TPSA) is 43.1 Å². The molecule has 2 N–H and O–H groups in total. The van der Waals surface area contributed by atoms with Crippen molar-refractivity contribution in [2.24, 2.45) is 11.7 Å². The van der Waals surface area contributed by atoms with Crippen molar-refractivity contribution in [2.45, 2.75) is 59.3 Å². The van der Waals surface area contributed by atoms with E-state index in [0.717, 1.165) is 24.9 Å². The third-order valence-electron chi connectivity index (χ3n) is 4.08. The highest BCUT2D eigenvalue weighted by atomic mass is 16.1. The fraction of sp³-hybridized carbons (Fsp3) is 0.611. The van der Waals surface area contributed by atoms with Crippen LogP contribution in [0.15, 0.2) is 18.2 Å². The van der Waals surface area contributed by atoms with Gasteiger partial charge in [-0.2, -0.15) is 0 Å². The lowest BCUT2D eigenvalue weighted by Gasteiger charge is -2.14. The van der Waals surface area contributed by atoms with Gasteiger partial charge in [0.05, 0.1) is 0 Å². The second kappa shape index (κ2) is 8.91. The van der Waals surface area contributed by atoms with Gasteiger partial charge in [-0.25, -0.2) is 0 Å². The first-order chi connectivity index (χ1) is 9.56. The number of benzene rings is 1. The third-order valence-corrected chi connectivity index (χ3v) is 4.08. The molecule has 0 saturated carbocycles. The van der Waals surface area contributed by atoms with Gasteiger partial charge < -0.3 is 5.73 Å². The molecule has 2 heteroatoms. The molecule has 0 amide bonds. The summed E-state index contributed by atoms with van der Waals surface area (Å²) >= 11 is 0. The number of rotatable bonds is 9. The van der Waals surface area contributed by atoms with Crippen molar-refractivity contribution in [1.29, 1.82) is 0 Å². The van der Waals surface area contributed by atoms with Gasteiger partial charge >= 0.3 is 0 Å². The molecule has 0 saturated heterocycles. The monoisotopic (exact) mass is 275 g/mol. The number of nitrogens with two attached hydrogens (primary N) is 1. The van der Waals surface area contributed by atoms with Crippen LogP contribution in [0.1, 0.15) is 55.7 Å². The summed E-state index contributed by atoms with van der Waals surface area (Å²) in [5.74, 6) is 0.972. The average molecular weight is 275 g/mol. The van der Waals surface area contributed by atoms with E-state index >= 15 is 0 Å². The lowest BCUT2D eigenvalue weighted by molar-refractivity contribution is -0.118. The minimum atomic E-state index is 0.353. The number of carbonyl (C=O) groups is 1. The molecule has 1 rings (SSSR count). The summed E-state index contributed by atoms with van der Waals surface area (Å²) in [4.78, 5) is 12.1. The van der Waals surface area contributed by atoms with Gasteiger partial charge in [0.1, 0.15) is 5.78 Å². The maximum atomic E-state index is 12.1. The van der Waals surface area contributed by atoms with Gasteiger partial charge in [-0.05, 0) is 55.8 Å². The van der Waals surface area contributed by atoms with Crippen LogP contribution in [0.3, 0.4) is 0 Å². The van der Waals surface area contributed by atoms with Gasteiger partial charge in [-0.1, -0.05) is 38.0 Å². The Morgan fingerprint density at radius 2 is 1.90 bits per heavy atom. The van der Waals surface area contributed by atoms with Crippen LogP contribution in [0.2, 0.25) is 0 Å². The van der Waals surface area contributed by atoms with Crippen molar-refractivity contribution >= 4 is 5.78 Å². The number of hydrogen-bond acceptors (Lipinski definition) is 2. The summed E-state index contributed by atoms with van der Waals surface area (Å²) in [6.45, 7) is 7.13. The highest BCUT2D eigenvalue weighted by Gasteiger charge is 2.11. The van der Waals surface area contributed by atoms with Crippen molar-refractivity contribution < 1.29 is 4.79 Å². The molecule has 20 heavy (non-hydrogen) atoms. The molecule has 0 radical (unpaired) electrons. The van der Waals surface area contributed by atoms with Gasteiger partial charge in [0.15, 0.2) is 0 Å². The molecule has 1 unspecified atom stereocenters. The van der Waals surface area contributed by atoms with Gasteiger partial charge in [0.25, 0.3) is 0 Å². The molecule has 1 aromatic carbocycles. The van der Waals surface area contributed by atoms with E-state index in [4.69, 9.17) is 5.73 Å². The predicted octanol–water partition coefficient (Wildman–Crippen LogP) is 3.96. The van der Waals surface area contributed by atoms with Crippen LogP contribution in [0.25, 0.3) is 0 Å². The highest BCUT2D eigenvalue weighted by molar-refractivity contribution is 5.80. The third kappa shape index (κ3) is 5.87. The quantitative estimate of drug-likeness (QED) is 0.741. The van der Waals surface area contributed by atoms with E-state index in [1.165, 1.54) is 24.0 Å². The van der Waals surface area contributed by atoms with Crippen molar-refractivity contribution in [2.75, 3.05) is 6.54 Å². The fourth-order valence-corrected chi connectivity index (χ4v) is 2.67. The molecule has 112 valence electrons. The molecular formula is C18H29NO. The van der Waals surface area contributed by atoms with Crippen molar-refractivity contribution in [1.82, 2.24) is 0 Å². The maximum Gasteiger partial charge on any atom is 0.137 e. The minimum absolute atomic E-state index is 0.353. The Bertz CT molecular complexity index is 419. The van der Waals surface area contributed by atoms with E-state index < -0.39 is 0 Å². The molecule has 1 atom stereocenters. The zero-order valence-corrected chi connectivity index (χ0v) is 13.2. The standard InChI is InChI=1S/C18H29NO/c1-4-5-16(10-11-19)8-9-18(20)13-17-7-6-14(2)15(3)12-17/h6-7,12,16H,4-5,8-11,13,19H2,1-3H3. The minimum Gasteiger partial charge on any atom is -0.330 e. The number of carbonyl (C=O) groups excluding carboxylic acids is 1. The normalized spacial score (nSPS) is 12.4. The molecule has 0 heterocycles. The average Bonchev–Trinajstić information content (AvgIpc) is 2.41. The Morgan fingerprint density at radius 3 is 2.50 bits per heavy atom. The second-order valence-corrected chi connectivity index (χ2v) is 5.90. The second-order valence-electron chi connectivity index (χ2n) is 5.90. The zero-order chi connectivity index (χ0) is 15.0. The first kappa shape index (κ1) is 16.9. The molecule has 0 aliphatic rings. The van der Waals surface area contributed by atoms with Crippen LogP contribution in [0.5, 0.6) is 0 Å². The fourth-order valence-electron chi connectivity index (χ4n) is 2.67. The molecule has 0 aliphatic carbocycles. The molecule has 0 spiro atoms. The zero-order valence-electron chi connectivity index (χ0n) is 13.2. The maximum absolute atomic E-state index is 12.1. The number of hydrogen-bond donors (Lipinski definition) is 1.